The van der Waals surface area contributed by atoms with Crippen LogP contribution >= 0.6 is 11.3 Å². The third-order valence-corrected chi connectivity index (χ3v) is 3.74. The Morgan fingerprint density at radius 2 is 2.22 bits per heavy atom. The zero-order valence-corrected chi connectivity index (χ0v) is 11.4. The van der Waals surface area contributed by atoms with Crippen LogP contribution in [0.1, 0.15) is 41.2 Å². The van der Waals surface area contributed by atoms with Crippen molar-refractivity contribution in [2.75, 3.05) is 7.05 Å². The minimum atomic E-state index is 0.526. The fourth-order valence-corrected chi connectivity index (χ4v) is 2.47. The second-order valence-corrected chi connectivity index (χ2v) is 5.90. The van der Waals surface area contributed by atoms with Crippen LogP contribution in [0.5, 0.6) is 0 Å². The minimum absolute atomic E-state index is 0.526. The lowest BCUT2D eigenvalue weighted by molar-refractivity contribution is 0.275. The molecule has 2 aromatic heterocycles. The van der Waals surface area contributed by atoms with Crippen molar-refractivity contribution in [3.8, 4) is 0 Å². The first-order valence-electron chi connectivity index (χ1n) is 6.12. The van der Waals surface area contributed by atoms with Crippen molar-refractivity contribution < 1.29 is 4.42 Å². The topological polar surface area (TPSA) is 55.1 Å². The molecule has 1 aliphatic rings. The summed E-state index contributed by atoms with van der Waals surface area (Å²) in [6.45, 7) is 3.51. The summed E-state index contributed by atoms with van der Waals surface area (Å²) in [6, 6.07) is 0. The highest BCUT2D eigenvalue weighted by molar-refractivity contribution is 7.09. The lowest BCUT2D eigenvalue weighted by Gasteiger charge is -2.11. The van der Waals surface area contributed by atoms with Crippen LogP contribution in [0.4, 0.5) is 0 Å². The van der Waals surface area contributed by atoms with Gasteiger partial charge in [0, 0.05) is 17.8 Å². The standard InChI is InChI=1S/C12H16N4OS/c1-8-13-10(7-18-8)5-16(2)6-11-14-15-12(17-11)9-3-4-9/h7,9H,3-6H2,1-2H3. The van der Waals surface area contributed by atoms with Crippen molar-refractivity contribution in [3.63, 3.8) is 0 Å². The van der Waals surface area contributed by atoms with Crippen LogP contribution in [0.3, 0.4) is 0 Å². The summed E-state index contributed by atoms with van der Waals surface area (Å²) >= 11 is 1.68. The van der Waals surface area contributed by atoms with Crippen LogP contribution < -0.4 is 0 Å². The summed E-state index contributed by atoms with van der Waals surface area (Å²) in [7, 11) is 2.04. The number of aromatic nitrogens is 3. The molecular formula is C12H16N4OS. The molecule has 5 nitrogen and oxygen atoms in total. The van der Waals surface area contributed by atoms with Gasteiger partial charge in [-0.05, 0) is 26.8 Å². The molecule has 0 spiro atoms. The van der Waals surface area contributed by atoms with E-state index in [1.165, 1.54) is 12.8 Å². The van der Waals surface area contributed by atoms with Crippen molar-refractivity contribution in [2.45, 2.75) is 38.8 Å². The molecule has 2 heterocycles. The van der Waals surface area contributed by atoms with Crippen molar-refractivity contribution in [3.05, 3.63) is 27.9 Å². The first-order chi connectivity index (χ1) is 8.70. The Hall–Kier alpha value is -1.27. The van der Waals surface area contributed by atoms with Crippen LogP contribution in [0.15, 0.2) is 9.80 Å². The predicted octanol–water partition coefficient (Wildman–Crippen LogP) is 2.34. The summed E-state index contributed by atoms with van der Waals surface area (Å²) in [5, 5.41) is 11.4. The van der Waals surface area contributed by atoms with Crippen LogP contribution in [0.2, 0.25) is 0 Å². The summed E-state index contributed by atoms with van der Waals surface area (Å²) < 4.78 is 5.64. The molecule has 1 saturated carbocycles. The molecule has 18 heavy (non-hydrogen) atoms. The molecular weight excluding hydrogens is 248 g/mol. The number of nitrogens with zero attached hydrogens (tertiary/aromatic N) is 4. The van der Waals surface area contributed by atoms with E-state index in [-0.39, 0.29) is 0 Å². The maximum absolute atomic E-state index is 5.64. The lowest BCUT2D eigenvalue weighted by Crippen LogP contribution is -2.17. The number of aryl methyl sites for hydroxylation is 1. The second kappa shape index (κ2) is 4.78. The predicted molar refractivity (Wildman–Crippen MR) is 68.3 cm³/mol. The van der Waals surface area contributed by atoms with Gasteiger partial charge in [-0.15, -0.1) is 21.5 Å². The van der Waals surface area contributed by atoms with Gasteiger partial charge in [0.05, 0.1) is 17.2 Å². The van der Waals surface area contributed by atoms with Gasteiger partial charge in [0.15, 0.2) is 0 Å². The van der Waals surface area contributed by atoms with Gasteiger partial charge in [0.2, 0.25) is 11.8 Å². The zero-order chi connectivity index (χ0) is 12.5. The summed E-state index contributed by atoms with van der Waals surface area (Å²) in [5.74, 6) is 2.03. The molecule has 0 atom stereocenters. The number of rotatable bonds is 5. The van der Waals surface area contributed by atoms with Crippen molar-refractivity contribution in [1.29, 1.82) is 0 Å². The molecule has 3 rings (SSSR count). The molecule has 0 aliphatic heterocycles. The Bertz CT molecular complexity index is 532. The molecule has 0 N–H and O–H groups in total. The third kappa shape index (κ3) is 2.76. The molecule has 1 aliphatic carbocycles. The van der Waals surface area contributed by atoms with E-state index in [1.54, 1.807) is 11.3 Å². The van der Waals surface area contributed by atoms with Crippen LogP contribution in [-0.4, -0.2) is 27.1 Å². The fourth-order valence-electron chi connectivity index (χ4n) is 1.87. The van der Waals surface area contributed by atoms with E-state index < -0.39 is 0 Å². The normalized spacial score (nSPS) is 15.5. The Kier molecular flexibility index (Phi) is 3.13. The average Bonchev–Trinajstić information content (AvgIpc) is 2.95. The van der Waals surface area contributed by atoms with Gasteiger partial charge in [0.1, 0.15) is 0 Å². The van der Waals surface area contributed by atoms with Gasteiger partial charge < -0.3 is 4.42 Å². The minimum Gasteiger partial charge on any atom is -0.424 e. The van der Waals surface area contributed by atoms with E-state index in [1.807, 2.05) is 14.0 Å². The molecule has 96 valence electrons. The summed E-state index contributed by atoms with van der Waals surface area (Å²) in [6.07, 6.45) is 2.38. The Morgan fingerprint density at radius 1 is 1.39 bits per heavy atom. The van der Waals surface area contributed by atoms with Crippen LogP contribution in [0.25, 0.3) is 0 Å². The zero-order valence-electron chi connectivity index (χ0n) is 10.6. The van der Waals surface area contributed by atoms with Crippen LogP contribution in [-0.2, 0) is 13.1 Å². The maximum atomic E-state index is 5.64. The smallest absolute Gasteiger partial charge is 0.230 e. The summed E-state index contributed by atoms with van der Waals surface area (Å²) in [4.78, 5) is 6.58. The molecule has 0 amide bonds. The van der Waals surface area contributed by atoms with Gasteiger partial charge in [-0.3, -0.25) is 4.90 Å². The molecule has 1 fully saturated rings. The van der Waals surface area contributed by atoms with Crippen molar-refractivity contribution in [1.82, 2.24) is 20.1 Å². The highest BCUT2D eigenvalue weighted by atomic mass is 32.1. The molecule has 0 bridgehead atoms. The first kappa shape index (κ1) is 11.8. The third-order valence-electron chi connectivity index (χ3n) is 2.91. The summed E-state index contributed by atoms with van der Waals surface area (Å²) in [5.41, 5.74) is 1.10. The van der Waals surface area contributed by atoms with E-state index in [0.717, 1.165) is 23.1 Å². The van der Waals surface area contributed by atoms with E-state index in [4.69, 9.17) is 4.42 Å². The Morgan fingerprint density at radius 3 is 2.89 bits per heavy atom. The highest BCUT2D eigenvalue weighted by Gasteiger charge is 2.29. The molecule has 0 unspecified atom stereocenters. The van der Waals surface area contributed by atoms with E-state index in [9.17, 15) is 0 Å². The average molecular weight is 264 g/mol. The van der Waals surface area contributed by atoms with Gasteiger partial charge in [-0.1, -0.05) is 0 Å². The van der Waals surface area contributed by atoms with Crippen molar-refractivity contribution in [2.24, 2.45) is 0 Å². The molecule has 0 radical (unpaired) electrons. The number of hydrogen-bond donors (Lipinski definition) is 0. The van der Waals surface area contributed by atoms with Crippen LogP contribution in [0, 0.1) is 6.92 Å². The van der Waals surface area contributed by atoms with Gasteiger partial charge >= 0.3 is 0 Å². The van der Waals surface area contributed by atoms with Gasteiger partial charge in [0.25, 0.3) is 0 Å². The number of thiazole rings is 1. The Balaban J connectivity index is 1.57. The molecule has 0 saturated heterocycles. The SMILES string of the molecule is Cc1nc(CN(C)Cc2nnc(C3CC3)o2)cs1. The van der Waals surface area contributed by atoms with Crippen molar-refractivity contribution >= 4 is 11.3 Å². The number of hydrogen-bond acceptors (Lipinski definition) is 6. The first-order valence-corrected chi connectivity index (χ1v) is 7.00. The van der Waals surface area contributed by atoms with Gasteiger partial charge in [-0.2, -0.15) is 0 Å². The van der Waals surface area contributed by atoms with E-state index in [2.05, 4.69) is 25.5 Å². The molecule has 6 heteroatoms. The largest absolute Gasteiger partial charge is 0.424 e. The molecule has 2 aromatic rings. The van der Waals surface area contributed by atoms with E-state index in [0.29, 0.717) is 18.4 Å². The monoisotopic (exact) mass is 264 g/mol. The van der Waals surface area contributed by atoms with E-state index >= 15 is 0 Å². The fraction of sp³-hybridized carbons (Fsp3) is 0.583. The molecule has 0 aromatic carbocycles. The maximum Gasteiger partial charge on any atom is 0.230 e. The lowest BCUT2D eigenvalue weighted by atomic mass is 10.4. The quantitative estimate of drug-likeness (QED) is 0.829. The Labute approximate surface area is 110 Å². The van der Waals surface area contributed by atoms with Gasteiger partial charge in [-0.25, -0.2) is 4.98 Å². The second-order valence-electron chi connectivity index (χ2n) is 4.84. The highest BCUT2D eigenvalue weighted by Crippen LogP contribution is 2.39.